The van der Waals surface area contributed by atoms with Crippen molar-refractivity contribution in [2.45, 2.75) is 20.0 Å². The average molecular weight is 352 g/mol. The van der Waals surface area contributed by atoms with Gasteiger partial charge in [0.1, 0.15) is 12.4 Å². The Morgan fingerprint density at radius 3 is 1.92 bits per heavy atom. The zero-order valence-corrected chi connectivity index (χ0v) is 13.4. The fraction of sp³-hybridized carbons (Fsp3) is 0.222. The summed E-state index contributed by atoms with van der Waals surface area (Å²) in [6.45, 7) is 1.60. The highest BCUT2D eigenvalue weighted by Gasteiger charge is 2.14. The highest BCUT2D eigenvalue weighted by molar-refractivity contribution is 5.93. The zero-order valence-electron chi connectivity index (χ0n) is 13.4. The van der Waals surface area contributed by atoms with E-state index in [1.807, 2.05) is 6.92 Å². The van der Waals surface area contributed by atoms with Crippen molar-refractivity contribution in [3.63, 3.8) is 0 Å². The molecule has 0 spiro atoms. The van der Waals surface area contributed by atoms with E-state index in [9.17, 15) is 22.8 Å². The van der Waals surface area contributed by atoms with Gasteiger partial charge in [-0.25, -0.2) is 22.8 Å². The minimum absolute atomic E-state index is 0.120. The van der Waals surface area contributed by atoms with E-state index in [1.165, 1.54) is 24.3 Å². The monoisotopic (exact) mass is 352 g/mol. The van der Waals surface area contributed by atoms with Crippen molar-refractivity contribution >= 4 is 11.9 Å². The number of benzene rings is 2. The van der Waals surface area contributed by atoms with E-state index in [2.05, 4.69) is 0 Å². The van der Waals surface area contributed by atoms with Gasteiger partial charge in [-0.05, 0) is 36.8 Å². The normalized spacial score (nSPS) is 10.4. The summed E-state index contributed by atoms with van der Waals surface area (Å²) in [6.07, 6.45) is 0.691. The van der Waals surface area contributed by atoms with E-state index in [1.54, 1.807) is 0 Å². The number of halogens is 3. The molecule has 0 amide bonds. The summed E-state index contributed by atoms with van der Waals surface area (Å²) in [4.78, 5) is 23.6. The summed E-state index contributed by atoms with van der Waals surface area (Å²) in [5, 5.41) is 0. The molecule has 2 rings (SSSR count). The maximum Gasteiger partial charge on any atom is 0.338 e. The average Bonchev–Trinajstić information content (AvgIpc) is 2.61. The van der Waals surface area contributed by atoms with Crippen LogP contribution in [0.15, 0.2) is 36.4 Å². The van der Waals surface area contributed by atoms with E-state index in [0.717, 1.165) is 0 Å². The van der Waals surface area contributed by atoms with Crippen LogP contribution in [0.5, 0.6) is 0 Å². The van der Waals surface area contributed by atoms with E-state index in [0.29, 0.717) is 25.2 Å². The van der Waals surface area contributed by atoms with Gasteiger partial charge in [0.15, 0.2) is 11.6 Å². The van der Waals surface area contributed by atoms with Crippen molar-refractivity contribution in [3.8, 4) is 0 Å². The van der Waals surface area contributed by atoms with Gasteiger partial charge in [0.2, 0.25) is 0 Å². The molecule has 0 bridgehead atoms. The predicted octanol–water partition coefficient (Wildman–Crippen LogP) is 4.03. The number of esters is 2. The molecule has 7 heteroatoms. The van der Waals surface area contributed by atoms with Crippen molar-refractivity contribution in [2.24, 2.45) is 0 Å². The van der Waals surface area contributed by atoms with Gasteiger partial charge in [-0.3, -0.25) is 0 Å². The van der Waals surface area contributed by atoms with E-state index >= 15 is 0 Å². The molecular formula is C18H15F3O4. The predicted molar refractivity (Wildman–Crippen MR) is 82.5 cm³/mol. The van der Waals surface area contributed by atoms with Gasteiger partial charge in [0.05, 0.1) is 17.7 Å². The Morgan fingerprint density at radius 2 is 1.36 bits per heavy atom. The molecule has 0 N–H and O–H groups in total. The topological polar surface area (TPSA) is 52.6 Å². The molecule has 0 fully saturated rings. The van der Waals surface area contributed by atoms with Crippen LogP contribution in [0.2, 0.25) is 0 Å². The second-order valence-corrected chi connectivity index (χ2v) is 5.15. The van der Waals surface area contributed by atoms with Gasteiger partial charge in [0.25, 0.3) is 0 Å². The van der Waals surface area contributed by atoms with Crippen LogP contribution in [0, 0.1) is 17.5 Å². The van der Waals surface area contributed by atoms with Crippen LogP contribution < -0.4 is 0 Å². The highest BCUT2D eigenvalue weighted by Crippen LogP contribution is 2.16. The smallest absolute Gasteiger partial charge is 0.338 e. The van der Waals surface area contributed by atoms with Crippen molar-refractivity contribution in [1.82, 2.24) is 0 Å². The first-order valence-electron chi connectivity index (χ1n) is 7.50. The van der Waals surface area contributed by atoms with E-state index < -0.39 is 36.0 Å². The first kappa shape index (κ1) is 18.5. The quantitative estimate of drug-likeness (QED) is 0.582. The summed E-state index contributed by atoms with van der Waals surface area (Å²) in [6, 6.07) is 6.51. The molecule has 0 heterocycles. The summed E-state index contributed by atoms with van der Waals surface area (Å²) in [5.74, 6) is -4.87. The SMILES string of the molecule is CCCOC(=O)c1ccc(C(=O)OCc2cc(F)c(F)cc2F)cc1. The Bertz CT molecular complexity index is 773. The number of carbonyl (C=O) groups is 2. The second kappa shape index (κ2) is 8.32. The lowest BCUT2D eigenvalue weighted by molar-refractivity contribution is 0.0463. The molecule has 0 aliphatic carbocycles. The molecule has 25 heavy (non-hydrogen) atoms. The van der Waals surface area contributed by atoms with Gasteiger partial charge in [-0.2, -0.15) is 0 Å². The summed E-state index contributed by atoms with van der Waals surface area (Å²) in [5.41, 5.74) is 0.110. The standard InChI is InChI=1S/C18H15F3O4/c1-2-7-24-17(22)11-3-5-12(6-4-11)18(23)25-10-13-8-15(20)16(21)9-14(13)19/h3-6,8-9H,2,7,10H2,1H3. The molecule has 4 nitrogen and oxygen atoms in total. The van der Waals surface area contributed by atoms with E-state index in [-0.39, 0.29) is 16.7 Å². The molecule has 0 aliphatic heterocycles. The molecule has 2 aromatic carbocycles. The maximum absolute atomic E-state index is 13.5. The highest BCUT2D eigenvalue weighted by atomic mass is 19.2. The first-order chi connectivity index (χ1) is 11.9. The molecule has 132 valence electrons. The van der Waals surface area contributed by atoms with Crippen molar-refractivity contribution in [3.05, 3.63) is 70.5 Å². The summed E-state index contributed by atoms with van der Waals surface area (Å²) in [7, 11) is 0. The number of ether oxygens (including phenoxy) is 2. The Morgan fingerprint density at radius 1 is 0.840 bits per heavy atom. The maximum atomic E-state index is 13.5. The molecule has 2 aromatic rings. The van der Waals surface area contributed by atoms with Crippen molar-refractivity contribution in [1.29, 1.82) is 0 Å². The van der Waals surface area contributed by atoms with Gasteiger partial charge in [0, 0.05) is 11.6 Å². The van der Waals surface area contributed by atoms with Crippen LogP contribution in [0.25, 0.3) is 0 Å². The summed E-state index contributed by atoms with van der Waals surface area (Å²) < 4.78 is 49.2. The van der Waals surface area contributed by atoms with Gasteiger partial charge in [-0.1, -0.05) is 6.92 Å². The van der Waals surface area contributed by atoms with Crippen molar-refractivity contribution in [2.75, 3.05) is 6.61 Å². The molecule has 0 saturated carbocycles. The molecule has 0 unspecified atom stereocenters. The first-order valence-corrected chi connectivity index (χ1v) is 7.50. The summed E-state index contributed by atoms with van der Waals surface area (Å²) >= 11 is 0. The lowest BCUT2D eigenvalue weighted by atomic mass is 10.1. The van der Waals surface area contributed by atoms with Crippen LogP contribution >= 0.6 is 0 Å². The fourth-order valence-electron chi connectivity index (χ4n) is 1.92. The molecule has 0 saturated heterocycles. The Hall–Kier alpha value is -2.83. The molecule has 0 aliphatic rings. The van der Waals surface area contributed by atoms with Crippen LogP contribution in [0.4, 0.5) is 13.2 Å². The second-order valence-electron chi connectivity index (χ2n) is 5.15. The third kappa shape index (κ3) is 4.82. The van der Waals surface area contributed by atoms with Gasteiger partial charge < -0.3 is 9.47 Å². The minimum Gasteiger partial charge on any atom is -0.462 e. The van der Waals surface area contributed by atoms with Crippen LogP contribution in [-0.4, -0.2) is 18.5 Å². The largest absolute Gasteiger partial charge is 0.462 e. The molecular weight excluding hydrogens is 337 g/mol. The number of carbonyl (C=O) groups excluding carboxylic acids is 2. The number of hydrogen-bond acceptors (Lipinski definition) is 4. The van der Waals surface area contributed by atoms with Crippen LogP contribution in [-0.2, 0) is 16.1 Å². The Kier molecular flexibility index (Phi) is 6.16. The molecule has 0 radical (unpaired) electrons. The zero-order chi connectivity index (χ0) is 18.4. The Balaban J connectivity index is 1.99. The van der Waals surface area contributed by atoms with Gasteiger partial charge in [-0.15, -0.1) is 0 Å². The number of rotatable bonds is 6. The third-order valence-electron chi connectivity index (χ3n) is 3.24. The fourth-order valence-corrected chi connectivity index (χ4v) is 1.92. The molecule has 0 aromatic heterocycles. The third-order valence-corrected chi connectivity index (χ3v) is 3.24. The minimum atomic E-state index is -1.32. The Labute approximate surface area is 142 Å². The van der Waals surface area contributed by atoms with Gasteiger partial charge >= 0.3 is 11.9 Å². The lowest BCUT2D eigenvalue weighted by Crippen LogP contribution is -2.09. The van der Waals surface area contributed by atoms with Crippen LogP contribution in [0.1, 0.15) is 39.6 Å². The van der Waals surface area contributed by atoms with Crippen LogP contribution in [0.3, 0.4) is 0 Å². The molecule has 0 atom stereocenters. The van der Waals surface area contributed by atoms with E-state index in [4.69, 9.17) is 9.47 Å². The van der Waals surface area contributed by atoms with Crippen molar-refractivity contribution < 1.29 is 32.2 Å². The lowest BCUT2D eigenvalue weighted by Gasteiger charge is -2.07. The number of hydrogen-bond donors (Lipinski definition) is 0.